The van der Waals surface area contributed by atoms with E-state index in [1.54, 1.807) is 0 Å². The number of rotatable bonds is 17. The molecule has 0 radical (unpaired) electrons. The van der Waals surface area contributed by atoms with Crippen molar-refractivity contribution in [3.8, 4) is 0 Å². The highest BCUT2D eigenvalue weighted by Gasteiger charge is 2.33. The Hall–Kier alpha value is -1.37. The van der Waals surface area contributed by atoms with Gasteiger partial charge in [-0.25, -0.2) is 4.79 Å². The van der Waals surface area contributed by atoms with Gasteiger partial charge in [-0.3, -0.25) is 0 Å². The summed E-state index contributed by atoms with van der Waals surface area (Å²) in [5, 5.41) is 0. The minimum atomic E-state index is -0.628. The molecule has 3 unspecified atom stereocenters. The monoisotopic (exact) mass is 414 g/mol. The predicted molar refractivity (Wildman–Crippen MR) is 115 cm³/mol. The van der Waals surface area contributed by atoms with E-state index in [9.17, 15) is 4.79 Å². The first-order chi connectivity index (χ1) is 13.6. The molecule has 0 saturated heterocycles. The third-order valence-corrected chi connectivity index (χ3v) is 4.45. The molecule has 0 fully saturated rings. The van der Waals surface area contributed by atoms with E-state index in [-0.39, 0.29) is 18.9 Å². The first-order valence-electron chi connectivity index (χ1n) is 10.7. The Morgan fingerprint density at radius 3 is 2.07 bits per heavy atom. The number of hydrogen-bond acceptors (Lipinski definition) is 6. The highest BCUT2D eigenvalue weighted by Crippen LogP contribution is 2.31. The Balaban J connectivity index is 5.04. The molecule has 0 aromatic heterocycles. The van der Waals surface area contributed by atoms with Crippen molar-refractivity contribution >= 4 is 5.97 Å². The maximum atomic E-state index is 12.2. The van der Waals surface area contributed by atoms with Crippen LogP contribution in [0.1, 0.15) is 74.1 Å². The van der Waals surface area contributed by atoms with Crippen LogP contribution in [0, 0.1) is 5.92 Å². The van der Waals surface area contributed by atoms with Gasteiger partial charge in [-0.15, -0.1) is 0 Å². The Morgan fingerprint density at radius 2 is 1.55 bits per heavy atom. The van der Waals surface area contributed by atoms with Crippen LogP contribution in [0.2, 0.25) is 0 Å². The largest absolute Gasteiger partial charge is 0.470 e. The van der Waals surface area contributed by atoms with Crippen molar-refractivity contribution in [2.75, 3.05) is 19.8 Å². The van der Waals surface area contributed by atoms with Gasteiger partial charge in [0.1, 0.15) is 0 Å². The Morgan fingerprint density at radius 1 is 0.966 bits per heavy atom. The van der Waals surface area contributed by atoms with Crippen molar-refractivity contribution in [3.63, 3.8) is 0 Å². The van der Waals surface area contributed by atoms with Gasteiger partial charge in [0.05, 0.1) is 18.0 Å². The molecule has 0 aromatic rings. The van der Waals surface area contributed by atoms with Crippen LogP contribution in [0.3, 0.4) is 0 Å². The molecule has 0 heterocycles. The molecule has 6 heteroatoms. The third-order valence-electron chi connectivity index (χ3n) is 4.45. The molecule has 170 valence electrons. The summed E-state index contributed by atoms with van der Waals surface area (Å²) in [4.78, 5) is 12.2. The summed E-state index contributed by atoms with van der Waals surface area (Å²) in [6.07, 6.45) is 1.46. The lowest BCUT2D eigenvalue weighted by Gasteiger charge is -2.36. The maximum absolute atomic E-state index is 12.2. The van der Waals surface area contributed by atoms with Gasteiger partial charge in [0, 0.05) is 31.6 Å². The van der Waals surface area contributed by atoms with Gasteiger partial charge < -0.3 is 23.7 Å². The zero-order valence-corrected chi connectivity index (χ0v) is 19.5. The number of esters is 1. The van der Waals surface area contributed by atoms with Gasteiger partial charge >= 0.3 is 5.97 Å². The minimum absolute atomic E-state index is 0.219. The number of carbonyl (C=O) groups excluding carboxylic acids is 1. The second-order valence-corrected chi connectivity index (χ2v) is 7.62. The topological polar surface area (TPSA) is 63.2 Å². The quantitative estimate of drug-likeness (QED) is 0.138. The fourth-order valence-electron chi connectivity index (χ4n) is 3.11. The van der Waals surface area contributed by atoms with Crippen LogP contribution >= 0.6 is 0 Å². The molecule has 0 aliphatic carbocycles. The van der Waals surface area contributed by atoms with Crippen LogP contribution in [0.25, 0.3) is 0 Å². The van der Waals surface area contributed by atoms with E-state index in [0.717, 1.165) is 0 Å². The third kappa shape index (κ3) is 12.0. The van der Waals surface area contributed by atoms with Gasteiger partial charge in [-0.1, -0.05) is 33.9 Å². The van der Waals surface area contributed by atoms with Crippen LogP contribution in [-0.2, 0) is 28.5 Å². The van der Waals surface area contributed by atoms with Crippen LogP contribution in [0.5, 0.6) is 0 Å². The van der Waals surface area contributed by atoms with E-state index in [4.69, 9.17) is 23.7 Å². The zero-order chi connectivity index (χ0) is 22.4. The fraction of sp³-hybridized carbons (Fsp3) is 0.783. The van der Waals surface area contributed by atoms with E-state index >= 15 is 0 Å². The fourth-order valence-corrected chi connectivity index (χ4v) is 3.11. The highest BCUT2D eigenvalue weighted by atomic mass is 16.7. The van der Waals surface area contributed by atoms with E-state index < -0.39 is 11.9 Å². The predicted octanol–water partition coefficient (Wildman–Crippen LogP) is 5.37. The average Bonchev–Trinajstić information content (AvgIpc) is 2.60. The summed E-state index contributed by atoms with van der Waals surface area (Å²) >= 11 is 0. The molecule has 0 aromatic carbocycles. The molecule has 3 atom stereocenters. The van der Waals surface area contributed by atoms with Crippen molar-refractivity contribution in [2.24, 2.45) is 5.92 Å². The molecule has 0 rings (SSSR count). The van der Waals surface area contributed by atoms with Crippen LogP contribution in [0.4, 0.5) is 0 Å². The average molecular weight is 415 g/mol. The second-order valence-electron chi connectivity index (χ2n) is 7.62. The van der Waals surface area contributed by atoms with E-state index in [0.29, 0.717) is 56.1 Å². The lowest BCUT2D eigenvalue weighted by atomic mass is 9.91. The molecule has 0 saturated carbocycles. The first-order valence-corrected chi connectivity index (χ1v) is 10.7. The summed E-state index contributed by atoms with van der Waals surface area (Å²) in [5.74, 6) is 0.557. The first kappa shape index (κ1) is 27.6. The summed E-state index contributed by atoms with van der Waals surface area (Å²) in [7, 11) is 0. The van der Waals surface area contributed by atoms with Crippen molar-refractivity contribution in [3.05, 3.63) is 24.5 Å². The molecule has 29 heavy (non-hydrogen) atoms. The Labute approximate surface area is 177 Å². The maximum Gasteiger partial charge on any atom is 0.333 e. The zero-order valence-electron chi connectivity index (χ0n) is 19.5. The molecule has 0 N–H and O–H groups in total. The second kappa shape index (κ2) is 14.6. The summed E-state index contributed by atoms with van der Waals surface area (Å²) in [5.41, 5.74) is -0.138. The molecule has 0 aliphatic rings. The molecule has 0 amide bonds. The van der Waals surface area contributed by atoms with Gasteiger partial charge in [0.2, 0.25) is 0 Å². The van der Waals surface area contributed by atoms with E-state index in [1.165, 1.54) is 0 Å². The molecular formula is C23H42O6. The van der Waals surface area contributed by atoms with Crippen LogP contribution in [-0.4, -0.2) is 44.0 Å². The SMILES string of the molecule is C=C(CC(CC)(CCOC(=O)C(=C)CC(C)C)OC(C)OCC)OC(C)OCC. The van der Waals surface area contributed by atoms with Crippen LogP contribution in [0.15, 0.2) is 24.5 Å². The lowest BCUT2D eigenvalue weighted by molar-refractivity contribution is -0.211. The van der Waals surface area contributed by atoms with Crippen molar-refractivity contribution < 1.29 is 28.5 Å². The van der Waals surface area contributed by atoms with Gasteiger partial charge in [0.15, 0.2) is 12.6 Å². The summed E-state index contributed by atoms with van der Waals surface area (Å²) in [6, 6.07) is 0. The molecule has 0 bridgehead atoms. The summed E-state index contributed by atoms with van der Waals surface area (Å²) < 4.78 is 28.4. The van der Waals surface area contributed by atoms with Gasteiger partial charge in [-0.2, -0.15) is 0 Å². The van der Waals surface area contributed by atoms with Crippen molar-refractivity contribution in [1.29, 1.82) is 0 Å². The molecule has 0 aliphatic heterocycles. The number of ether oxygens (including phenoxy) is 5. The highest BCUT2D eigenvalue weighted by molar-refractivity contribution is 5.87. The van der Waals surface area contributed by atoms with Gasteiger partial charge in [-0.05, 0) is 46.5 Å². The molecular weight excluding hydrogens is 372 g/mol. The smallest absolute Gasteiger partial charge is 0.333 e. The molecule has 0 spiro atoms. The Bertz CT molecular complexity index is 502. The van der Waals surface area contributed by atoms with Crippen LogP contribution < -0.4 is 0 Å². The number of carbonyl (C=O) groups is 1. The lowest BCUT2D eigenvalue weighted by Crippen LogP contribution is -2.39. The standard InChI is InChI=1S/C23H42O6/c1-10-23(29-21(9)26-12-3,16-19(7)28-20(8)25-11-2)13-14-27-22(24)18(6)15-17(4)5/h17,20-21H,6-7,10-16H2,1-5,8-9H3. The van der Waals surface area contributed by atoms with E-state index in [2.05, 4.69) is 13.2 Å². The van der Waals surface area contributed by atoms with Crippen molar-refractivity contribution in [2.45, 2.75) is 92.3 Å². The number of hydrogen-bond donors (Lipinski definition) is 0. The van der Waals surface area contributed by atoms with E-state index in [1.807, 2.05) is 48.5 Å². The Kier molecular flexibility index (Phi) is 13.9. The molecule has 6 nitrogen and oxygen atoms in total. The minimum Gasteiger partial charge on any atom is -0.470 e. The van der Waals surface area contributed by atoms with Crippen molar-refractivity contribution in [1.82, 2.24) is 0 Å². The normalized spacial score (nSPS) is 15.4. The summed E-state index contributed by atoms with van der Waals surface area (Å²) in [6.45, 7) is 22.8. The van der Waals surface area contributed by atoms with Gasteiger partial charge in [0.25, 0.3) is 0 Å².